The van der Waals surface area contributed by atoms with Crippen LogP contribution in [0.4, 0.5) is 13.2 Å². The number of nitriles is 1. The number of nitrogens with one attached hydrogen (secondary N) is 1. The summed E-state index contributed by atoms with van der Waals surface area (Å²) in [5.74, 6) is -0.828. The maximum absolute atomic E-state index is 12.7. The highest BCUT2D eigenvalue weighted by atomic mass is 19.4. The van der Waals surface area contributed by atoms with Crippen LogP contribution in [0.2, 0.25) is 0 Å². The van der Waals surface area contributed by atoms with Gasteiger partial charge in [-0.3, -0.25) is 4.79 Å². The molecule has 6 heteroatoms. The third-order valence-electron chi connectivity index (χ3n) is 2.25. The van der Waals surface area contributed by atoms with Crippen LogP contribution in [-0.4, -0.2) is 11.9 Å². The van der Waals surface area contributed by atoms with E-state index in [4.69, 9.17) is 5.26 Å². The summed E-state index contributed by atoms with van der Waals surface area (Å²) in [7, 11) is 0. The molecule has 3 nitrogen and oxygen atoms in total. The highest BCUT2D eigenvalue weighted by molar-refractivity contribution is 5.96. The van der Waals surface area contributed by atoms with Crippen molar-refractivity contribution in [2.45, 2.75) is 25.6 Å². The van der Waals surface area contributed by atoms with Gasteiger partial charge < -0.3 is 5.32 Å². The van der Waals surface area contributed by atoms with Crippen LogP contribution in [0.3, 0.4) is 0 Å². The molecule has 0 aliphatic carbocycles. The predicted octanol–water partition coefficient (Wildman–Crippen LogP) is 2.74. The number of carbonyl (C=O) groups is 1. The maximum atomic E-state index is 12.7. The summed E-state index contributed by atoms with van der Waals surface area (Å²) in [6.07, 6.45) is -4.54. The Balaban J connectivity index is 2.97. The molecule has 0 aromatic heterocycles. The van der Waals surface area contributed by atoms with Gasteiger partial charge in [0.05, 0.1) is 23.6 Å². The molecule has 18 heavy (non-hydrogen) atoms. The minimum absolute atomic E-state index is 0.0416. The van der Waals surface area contributed by atoms with E-state index in [1.54, 1.807) is 6.92 Å². The fourth-order valence-electron chi connectivity index (χ4n) is 1.42. The lowest BCUT2D eigenvalue weighted by molar-refractivity contribution is -0.137. The van der Waals surface area contributed by atoms with Crippen LogP contribution in [0.15, 0.2) is 24.3 Å². The van der Waals surface area contributed by atoms with Gasteiger partial charge in [0, 0.05) is 6.04 Å². The molecule has 0 aliphatic heterocycles. The van der Waals surface area contributed by atoms with Crippen LogP contribution in [0.5, 0.6) is 0 Å². The highest BCUT2D eigenvalue weighted by Crippen LogP contribution is 2.31. The van der Waals surface area contributed by atoms with Crippen molar-refractivity contribution in [1.29, 1.82) is 5.26 Å². The molecule has 0 heterocycles. The molecular formula is C12H11F3N2O. The quantitative estimate of drug-likeness (QED) is 0.904. The number of alkyl halides is 3. The third-order valence-corrected chi connectivity index (χ3v) is 2.25. The molecule has 0 bridgehead atoms. The van der Waals surface area contributed by atoms with Crippen molar-refractivity contribution in [2.24, 2.45) is 0 Å². The average Bonchev–Trinajstić information content (AvgIpc) is 2.28. The zero-order valence-corrected chi connectivity index (χ0v) is 9.58. The molecule has 1 rings (SSSR count). The smallest absolute Gasteiger partial charge is 0.349 e. The molecule has 0 radical (unpaired) electrons. The summed E-state index contributed by atoms with van der Waals surface area (Å²) in [6, 6.07) is 5.88. The van der Waals surface area contributed by atoms with Gasteiger partial charge in [-0.25, -0.2) is 0 Å². The van der Waals surface area contributed by atoms with E-state index in [0.717, 1.165) is 12.1 Å². The van der Waals surface area contributed by atoms with Gasteiger partial charge in [-0.1, -0.05) is 12.1 Å². The summed E-state index contributed by atoms with van der Waals surface area (Å²) in [6.45, 7) is 1.55. The summed E-state index contributed by atoms with van der Waals surface area (Å²) in [4.78, 5) is 11.7. The Morgan fingerprint density at radius 2 is 2.06 bits per heavy atom. The number of hydrogen-bond acceptors (Lipinski definition) is 2. The minimum Gasteiger partial charge on any atom is -0.349 e. The van der Waals surface area contributed by atoms with Gasteiger partial charge >= 0.3 is 6.18 Å². The maximum Gasteiger partial charge on any atom is 0.417 e. The first-order chi connectivity index (χ1) is 8.36. The van der Waals surface area contributed by atoms with Gasteiger partial charge in [0.15, 0.2) is 0 Å². The van der Waals surface area contributed by atoms with Gasteiger partial charge in [-0.05, 0) is 19.1 Å². The van der Waals surface area contributed by atoms with E-state index >= 15 is 0 Å². The zero-order valence-electron chi connectivity index (χ0n) is 9.58. The van der Waals surface area contributed by atoms with Crippen molar-refractivity contribution in [2.75, 3.05) is 0 Å². The molecule has 96 valence electrons. The SMILES string of the molecule is CC(CC#N)NC(=O)c1ccccc1C(F)(F)F. The van der Waals surface area contributed by atoms with Gasteiger partial charge in [-0.2, -0.15) is 18.4 Å². The first-order valence-electron chi connectivity index (χ1n) is 5.20. The van der Waals surface area contributed by atoms with Crippen molar-refractivity contribution in [3.8, 4) is 6.07 Å². The lowest BCUT2D eigenvalue weighted by atomic mass is 10.1. The molecule has 1 atom stereocenters. The molecule has 1 aromatic carbocycles. The van der Waals surface area contributed by atoms with E-state index in [-0.39, 0.29) is 6.42 Å². The van der Waals surface area contributed by atoms with Crippen LogP contribution in [-0.2, 0) is 6.18 Å². The van der Waals surface area contributed by atoms with Gasteiger partial charge in [-0.15, -0.1) is 0 Å². The van der Waals surface area contributed by atoms with Crippen LogP contribution in [0.1, 0.15) is 29.3 Å². The highest BCUT2D eigenvalue weighted by Gasteiger charge is 2.34. The summed E-state index contributed by atoms with van der Waals surface area (Å²) in [5.41, 5.74) is -1.42. The third kappa shape index (κ3) is 3.48. The summed E-state index contributed by atoms with van der Waals surface area (Å²) in [5, 5.41) is 10.8. The number of hydrogen-bond donors (Lipinski definition) is 1. The topological polar surface area (TPSA) is 52.9 Å². The summed E-state index contributed by atoms with van der Waals surface area (Å²) < 4.78 is 38.0. The molecule has 1 unspecified atom stereocenters. The monoisotopic (exact) mass is 256 g/mol. The lowest BCUT2D eigenvalue weighted by Gasteiger charge is -2.14. The molecule has 1 N–H and O–H groups in total. The van der Waals surface area contributed by atoms with Crippen LogP contribution in [0, 0.1) is 11.3 Å². The fraction of sp³-hybridized carbons (Fsp3) is 0.333. The molecule has 0 spiro atoms. The Labute approximate surface area is 102 Å². The molecule has 0 fully saturated rings. The number of carbonyl (C=O) groups excluding carboxylic acids is 1. The van der Waals surface area contributed by atoms with E-state index in [0.29, 0.717) is 0 Å². The number of rotatable bonds is 3. The first-order valence-corrected chi connectivity index (χ1v) is 5.20. The standard InChI is InChI=1S/C12H11F3N2O/c1-8(6-7-16)17-11(18)9-4-2-3-5-10(9)12(13,14)15/h2-5,8H,6H2,1H3,(H,17,18). The van der Waals surface area contributed by atoms with Crippen molar-refractivity contribution in [1.82, 2.24) is 5.32 Å². The Morgan fingerprint density at radius 1 is 1.44 bits per heavy atom. The van der Waals surface area contributed by atoms with Crippen LogP contribution >= 0.6 is 0 Å². The second-order valence-electron chi connectivity index (χ2n) is 3.78. The van der Waals surface area contributed by atoms with Gasteiger partial charge in [0.2, 0.25) is 0 Å². The van der Waals surface area contributed by atoms with Crippen LogP contribution in [0.25, 0.3) is 0 Å². The van der Waals surface area contributed by atoms with E-state index in [9.17, 15) is 18.0 Å². The number of amides is 1. The fourth-order valence-corrected chi connectivity index (χ4v) is 1.42. The van der Waals surface area contributed by atoms with Crippen molar-refractivity contribution >= 4 is 5.91 Å². The van der Waals surface area contributed by atoms with E-state index in [1.165, 1.54) is 12.1 Å². The largest absolute Gasteiger partial charge is 0.417 e. The Hall–Kier alpha value is -2.03. The summed E-state index contributed by atoms with van der Waals surface area (Å²) >= 11 is 0. The molecule has 1 aromatic rings. The second-order valence-corrected chi connectivity index (χ2v) is 3.78. The molecule has 0 saturated heterocycles. The van der Waals surface area contributed by atoms with Crippen LogP contribution < -0.4 is 5.32 Å². The Morgan fingerprint density at radius 3 is 2.61 bits per heavy atom. The van der Waals surface area contributed by atoms with E-state index in [1.807, 2.05) is 6.07 Å². The van der Waals surface area contributed by atoms with E-state index in [2.05, 4.69) is 5.32 Å². The predicted molar refractivity (Wildman–Crippen MR) is 58.6 cm³/mol. The Kier molecular flexibility index (Phi) is 4.32. The zero-order chi connectivity index (χ0) is 13.8. The minimum atomic E-state index is -4.58. The number of nitrogens with zero attached hydrogens (tertiary/aromatic N) is 1. The van der Waals surface area contributed by atoms with Crippen molar-refractivity contribution < 1.29 is 18.0 Å². The van der Waals surface area contributed by atoms with Gasteiger partial charge in [0.1, 0.15) is 0 Å². The normalized spacial score (nSPS) is 12.6. The Bertz CT molecular complexity index is 477. The first kappa shape index (κ1) is 14.0. The molecule has 0 saturated carbocycles. The number of halogens is 3. The molecule has 1 amide bonds. The second kappa shape index (κ2) is 5.54. The molecule has 0 aliphatic rings. The van der Waals surface area contributed by atoms with Crippen molar-refractivity contribution in [3.63, 3.8) is 0 Å². The average molecular weight is 256 g/mol. The molecular weight excluding hydrogens is 245 g/mol. The van der Waals surface area contributed by atoms with Gasteiger partial charge in [0.25, 0.3) is 5.91 Å². The van der Waals surface area contributed by atoms with E-state index < -0.39 is 29.3 Å². The lowest BCUT2D eigenvalue weighted by Crippen LogP contribution is -2.33. The van der Waals surface area contributed by atoms with Crippen molar-refractivity contribution in [3.05, 3.63) is 35.4 Å². The number of benzene rings is 1.